The highest BCUT2D eigenvalue weighted by atomic mass is 16.5. The molecule has 0 aromatic heterocycles. The van der Waals surface area contributed by atoms with Crippen molar-refractivity contribution in [1.82, 2.24) is 0 Å². The fraction of sp³-hybridized carbons (Fsp3) is 0. The second kappa shape index (κ2) is 8.25. The van der Waals surface area contributed by atoms with Gasteiger partial charge in [0.2, 0.25) is 0 Å². The molecule has 0 fully saturated rings. The average Bonchev–Trinajstić information content (AvgIpc) is 2.60. The molecule has 0 amide bonds. The van der Waals surface area contributed by atoms with Gasteiger partial charge in [-0.1, -0.05) is 12.2 Å². The third kappa shape index (κ3) is 4.78. The van der Waals surface area contributed by atoms with Gasteiger partial charge in [-0.25, -0.2) is 9.59 Å². The van der Waals surface area contributed by atoms with E-state index in [9.17, 15) is 19.2 Å². The van der Waals surface area contributed by atoms with Crippen molar-refractivity contribution in [3.05, 3.63) is 58.7 Å². The molecule has 2 aromatic rings. The van der Waals surface area contributed by atoms with E-state index >= 15 is 0 Å². The number of carbonyl (C=O) groups excluding carboxylic acids is 2. The Morgan fingerprint density at radius 2 is 1.08 bits per heavy atom. The molecule has 0 aliphatic carbocycles. The zero-order valence-electron chi connectivity index (χ0n) is 13.1. The van der Waals surface area contributed by atoms with Crippen LogP contribution < -0.4 is 9.47 Å². The zero-order chi connectivity index (χ0) is 19.1. The lowest BCUT2D eigenvalue weighted by Crippen LogP contribution is -1.99. The van der Waals surface area contributed by atoms with Crippen molar-refractivity contribution in [3.63, 3.8) is 0 Å². The summed E-state index contributed by atoms with van der Waals surface area (Å²) in [6.45, 7) is 0.349. The molecule has 8 nitrogen and oxygen atoms in total. The van der Waals surface area contributed by atoms with Crippen LogP contribution in [-0.4, -0.2) is 35.1 Å². The summed E-state index contributed by atoms with van der Waals surface area (Å²) in [5.41, 5.74) is 0.627. The lowest BCUT2D eigenvalue weighted by Gasteiger charge is -2.04. The smallest absolute Gasteiger partial charge is 0.335 e. The van der Waals surface area contributed by atoms with Crippen molar-refractivity contribution in [1.29, 1.82) is 0 Å². The third-order valence-corrected chi connectivity index (χ3v) is 3.19. The van der Waals surface area contributed by atoms with E-state index in [0.29, 0.717) is 11.1 Å². The van der Waals surface area contributed by atoms with Crippen LogP contribution >= 0.6 is 0 Å². The molecular formula is C18H12O8. The van der Waals surface area contributed by atoms with Crippen molar-refractivity contribution in [3.8, 4) is 11.5 Å². The first-order valence-corrected chi connectivity index (χ1v) is 7.08. The summed E-state index contributed by atoms with van der Waals surface area (Å²) in [6.07, 6.45) is 2.99. The molecule has 0 aliphatic rings. The maximum atomic E-state index is 11.1. The predicted molar refractivity (Wildman–Crippen MR) is 89.1 cm³/mol. The molecule has 0 atom stereocenters. The highest BCUT2D eigenvalue weighted by Gasteiger charge is 2.09. The first-order valence-electron chi connectivity index (χ1n) is 7.08. The van der Waals surface area contributed by atoms with E-state index < -0.39 is 11.9 Å². The van der Waals surface area contributed by atoms with Gasteiger partial charge >= 0.3 is 11.9 Å². The normalized spacial score (nSPS) is 10.3. The molecule has 0 spiro atoms. The van der Waals surface area contributed by atoms with Crippen LogP contribution in [0.3, 0.4) is 0 Å². The molecule has 8 heteroatoms. The molecule has 0 saturated heterocycles. The summed E-state index contributed by atoms with van der Waals surface area (Å²) in [5, 5.41) is 18.2. The van der Waals surface area contributed by atoms with Crippen molar-refractivity contribution >= 4 is 37.0 Å². The largest absolute Gasteiger partial charge is 0.478 e. The van der Waals surface area contributed by atoms with Crippen LogP contribution in [0.1, 0.15) is 31.8 Å². The second-order valence-corrected chi connectivity index (χ2v) is 4.95. The number of hydrogen-bond donors (Lipinski definition) is 2. The topological polar surface area (TPSA) is 127 Å². The van der Waals surface area contributed by atoms with Gasteiger partial charge < -0.3 is 19.7 Å². The van der Waals surface area contributed by atoms with E-state index in [2.05, 4.69) is 9.47 Å². The van der Waals surface area contributed by atoms with Gasteiger partial charge in [0.1, 0.15) is 11.5 Å². The quantitative estimate of drug-likeness (QED) is 0.545. The minimum atomic E-state index is -1.20. The van der Waals surface area contributed by atoms with E-state index in [1.54, 1.807) is 0 Å². The summed E-state index contributed by atoms with van der Waals surface area (Å²) in [6, 6.07) is 7.94. The van der Waals surface area contributed by atoms with Gasteiger partial charge in [0.05, 0.1) is 11.1 Å². The van der Waals surface area contributed by atoms with Crippen LogP contribution in [0.15, 0.2) is 36.4 Å². The number of rotatable bonds is 8. The summed E-state index contributed by atoms with van der Waals surface area (Å²) in [4.78, 5) is 43.2. The molecular weight excluding hydrogens is 344 g/mol. The number of aromatic carboxylic acids is 2. The Bertz CT molecular complexity index is 825. The molecule has 0 aliphatic heterocycles. The van der Waals surface area contributed by atoms with E-state index in [0.717, 1.165) is 0 Å². The fourth-order valence-electron chi connectivity index (χ4n) is 2.12. The van der Waals surface area contributed by atoms with Crippen LogP contribution in [0.25, 0.3) is 12.2 Å². The Labute approximate surface area is 146 Å². The summed E-state index contributed by atoms with van der Waals surface area (Å²) >= 11 is 0. The monoisotopic (exact) mass is 356 g/mol. The fourth-order valence-corrected chi connectivity index (χ4v) is 2.12. The van der Waals surface area contributed by atoms with Gasteiger partial charge in [-0.3, -0.25) is 9.59 Å². The van der Waals surface area contributed by atoms with E-state index in [1.807, 2.05) is 0 Å². The minimum Gasteiger partial charge on any atom is -0.478 e. The summed E-state index contributed by atoms with van der Waals surface area (Å²) in [7, 11) is 0. The molecule has 2 rings (SSSR count). The van der Waals surface area contributed by atoms with E-state index in [4.69, 9.17) is 10.2 Å². The number of carboxylic acid groups (broad SMARTS) is 2. The molecule has 2 aromatic carbocycles. The SMILES string of the molecule is O=COc1cc(/C=C/c2cc(OC=O)cc(C(=O)O)c2)cc(C(=O)O)c1. The molecule has 132 valence electrons. The van der Waals surface area contributed by atoms with Crippen molar-refractivity contribution in [2.24, 2.45) is 0 Å². The molecule has 0 radical (unpaired) electrons. The number of carbonyl (C=O) groups is 4. The summed E-state index contributed by atoms with van der Waals surface area (Å²) in [5.74, 6) is -2.32. The van der Waals surface area contributed by atoms with Crippen LogP contribution in [0.4, 0.5) is 0 Å². The molecule has 0 heterocycles. The highest BCUT2D eigenvalue weighted by Crippen LogP contribution is 2.22. The Hall–Kier alpha value is -3.94. The molecule has 0 bridgehead atoms. The number of ether oxygens (including phenoxy) is 2. The molecule has 26 heavy (non-hydrogen) atoms. The Morgan fingerprint density at radius 3 is 1.38 bits per heavy atom. The van der Waals surface area contributed by atoms with Crippen molar-refractivity contribution in [2.45, 2.75) is 0 Å². The van der Waals surface area contributed by atoms with Gasteiger partial charge in [0, 0.05) is 0 Å². The van der Waals surface area contributed by atoms with Gasteiger partial charge in [0.15, 0.2) is 0 Å². The standard InChI is InChI=1S/C18H12O8/c19-9-25-15-5-11(3-13(7-15)17(21)22)1-2-12-4-14(18(23)24)8-16(6-12)26-10-20/h1-10H,(H,21,22)(H,23,24)/b2-1+. The van der Waals surface area contributed by atoms with Crippen LogP contribution in [0, 0.1) is 0 Å². The maximum absolute atomic E-state index is 11.1. The molecule has 0 saturated carbocycles. The number of hydrogen-bond acceptors (Lipinski definition) is 6. The highest BCUT2D eigenvalue weighted by molar-refractivity contribution is 5.91. The van der Waals surface area contributed by atoms with E-state index in [-0.39, 0.29) is 35.6 Å². The Kier molecular flexibility index (Phi) is 5.83. The Balaban J connectivity index is 2.42. The Morgan fingerprint density at radius 1 is 0.692 bits per heavy atom. The van der Waals surface area contributed by atoms with Crippen LogP contribution in [-0.2, 0) is 9.59 Å². The second-order valence-electron chi connectivity index (χ2n) is 4.95. The van der Waals surface area contributed by atoms with Crippen molar-refractivity contribution in [2.75, 3.05) is 0 Å². The summed E-state index contributed by atoms with van der Waals surface area (Å²) < 4.78 is 9.35. The zero-order valence-corrected chi connectivity index (χ0v) is 13.1. The first-order chi connectivity index (χ1) is 12.4. The van der Waals surface area contributed by atoms with Gasteiger partial charge in [-0.2, -0.15) is 0 Å². The molecule has 0 unspecified atom stereocenters. The lowest BCUT2D eigenvalue weighted by molar-refractivity contribution is -0.121. The predicted octanol–water partition coefficient (Wildman–Crippen LogP) is 2.32. The van der Waals surface area contributed by atoms with Gasteiger partial charge in [-0.05, 0) is 47.5 Å². The molecule has 2 N–H and O–H groups in total. The van der Waals surface area contributed by atoms with Crippen LogP contribution in [0.2, 0.25) is 0 Å². The first kappa shape index (κ1) is 18.4. The van der Waals surface area contributed by atoms with Crippen molar-refractivity contribution < 1.29 is 38.9 Å². The lowest BCUT2D eigenvalue weighted by atomic mass is 10.1. The number of benzene rings is 2. The van der Waals surface area contributed by atoms with Gasteiger partial charge in [0.25, 0.3) is 12.9 Å². The third-order valence-electron chi connectivity index (χ3n) is 3.19. The van der Waals surface area contributed by atoms with Crippen LogP contribution in [0.5, 0.6) is 11.5 Å². The average molecular weight is 356 g/mol. The van der Waals surface area contributed by atoms with Gasteiger partial charge in [-0.15, -0.1) is 0 Å². The number of carboxylic acids is 2. The maximum Gasteiger partial charge on any atom is 0.335 e. The van der Waals surface area contributed by atoms with E-state index in [1.165, 1.54) is 48.6 Å². The minimum absolute atomic E-state index is 0.0452.